The molecular weight excluding hydrogens is 368 g/mol. The summed E-state index contributed by atoms with van der Waals surface area (Å²) in [7, 11) is 0. The third-order valence-corrected chi connectivity index (χ3v) is 6.06. The summed E-state index contributed by atoms with van der Waals surface area (Å²) in [6.45, 7) is 5.70. The van der Waals surface area contributed by atoms with Crippen LogP contribution in [0.25, 0.3) is 10.9 Å². The molecule has 1 aromatic carbocycles. The molecule has 1 aliphatic heterocycles. The maximum atomic E-state index is 11.4. The summed E-state index contributed by atoms with van der Waals surface area (Å²) in [4.78, 5) is 29.8. The number of rotatable bonds is 4. The Morgan fingerprint density at radius 3 is 2.59 bits per heavy atom. The number of aliphatic hydroxyl groups excluding tert-OH is 1. The van der Waals surface area contributed by atoms with Gasteiger partial charge in [-0.2, -0.15) is 0 Å². The molecule has 2 aliphatic rings. The molecule has 0 bridgehead atoms. The minimum absolute atomic E-state index is 0.0793. The first-order chi connectivity index (χ1) is 13.9. The van der Waals surface area contributed by atoms with E-state index in [0.717, 1.165) is 54.8 Å². The van der Waals surface area contributed by atoms with Crippen LogP contribution in [-0.2, 0) is 16.1 Å². The molecule has 4 atom stereocenters. The van der Waals surface area contributed by atoms with Gasteiger partial charge in [-0.15, -0.1) is 0 Å². The van der Waals surface area contributed by atoms with Crippen molar-refractivity contribution in [2.45, 2.75) is 45.4 Å². The molecule has 1 saturated carbocycles. The number of likely N-dealkylation sites (tertiary alicyclic amines) is 1. The number of benzene rings is 1. The minimum atomic E-state index is -0.461. The van der Waals surface area contributed by atoms with E-state index in [2.05, 4.69) is 15.5 Å². The van der Waals surface area contributed by atoms with E-state index < -0.39 is 6.10 Å². The second-order valence-corrected chi connectivity index (χ2v) is 8.45. The van der Waals surface area contributed by atoms with Crippen LogP contribution in [0, 0.1) is 11.8 Å². The number of fused-ring (bicyclic) bond motifs is 2. The molecule has 4 rings (SSSR count). The number of carbonyl (C=O) groups excluding carboxylic acids is 2. The molecule has 29 heavy (non-hydrogen) atoms. The van der Waals surface area contributed by atoms with E-state index in [1.807, 2.05) is 30.3 Å². The SMILES string of the molecule is CC(=O)Nc1ccc2nc(CN3C[C@H]4C[C@@H](NC(C)=O)[C@H](O)C[C@H]4C3)ccc2c1. The van der Waals surface area contributed by atoms with E-state index in [1.165, 1.54) is 13.8 Å². The molecule has 7 heteroatoms. The van der Waals surface area contributed by atoms with Crippen LogP contribution in [-0.4, -0.2) is 52.0 Å². The van der Waals surface area contributed by atoms with Gasteiger partial charge >= 0.3 is 0 Å². The molecule has 1 saturated heterocycles. The zero-order valence-electron chi connectivity index (χ0n) is 16.9. The first-order valence-corrected chi connectivity index (χ1v) is 10.2. The summed E-state index contributed by atoms with van der Waals surface area (Å²) < 4.78 is 0. The highest BCUT2D eigenvalue weighted by Crippen LogP contribution is 2.37. The summed E-state index contributed by atoms with van der Waals surface area (Å²) in [5.41, 5.74) is 2.70. The molecular formula is C22H28N4O3. The second kappa shape index (κ2) is 8.08. The Labute approximate surface area is 170 Å². The van der Waals surface area contributed by atoms with Crippen LogP contribution in [0.15, 0.2) is 30.3 Å². The lowest BCUT2D eigenvalue weighted by Crippen LogP contribution is -2.48. The summed E-state index contributed by atoms with van der Waals surface area (Å²) in [5, 5.41) is 17.1. The number of hydrogen-bond acceptors (Lipinski definition) is 5. The van der Waals surface area contributed by atoms with Crippen molar-refractivity contribution in [2.75, 3.05) is 18.4 Å². The van der Waals surface area contributed by atoms with Crippen molar-refractivity contribution in [2.24, 2.45) is 11.8 Å². The third kappa shape index (κ3) is 4.57. The van der Waals surface area contributed by atoms with Crippen molar-refractivity contribution in [1.82, 2.24) is 15.2 Å². The van der Waals surface area contributed by atoms with Crippen LogP contribution < -0.4 is 10.6 Å². The maximum absolute atomic E-state index is 11.4. The van der Waals surface area contributed by atoms with Gasteiger partial charge in [-0.25, -0.2) is 0 Å². The lowest BCUT2D eigenvalue weighted by Gasteiger charge is -2.35. The second-order valence-electron chi connectivity index (χ2n) is 8.45. The Balaban J connectivity index is 1.41. The van der Waals surface area contributed by atoms with Gasteiger partial charge in [0.2, 0.25) is 11.8 Å². The van der Waals surface area contributed by atoms with E-state index >= 15 is 0 Å². The molecule has 1 aromatic heterocycles. The average Bonchev–Trinajstić information content (AvgIpc) is 3.02. The van der Waals surface area contributed by atoms with Crippen molar-refractivity contribution < 1.29 is 14.7 Å². The zero-order chi connectivity index (χ0) is 20.5. The highest BCUT2D eigenvalue weighted by Gasteiger charge is 2.41. The molecule has 0 radical (unpaired) electrons. The van der Waals surface area contributed by atoms with E-state index in [0.29, 0.717) is 11.8 Å². The Hall–Kier alpha value is -2.51. The molecule has 2 amide bonds. The van der Waals surface area contributed by atoms with Crippen molar-refractivity contribution in [3.63, 3.8) is 0 Å². The zero-order valence-corrected chi connectivity index (χ0v) is 16.9. The lowest BCUT2D eigenvalue weighted by atomic mass is 9.77. The van der Waals surface area contributed by atoms with Crippen molar-refractivity contribution >= 4 is 28.4 Å². The van der Waals surface area contributed by atoms with Crippen LogP contribution in [0.3, 0.4) is 0 Å². The topological polar surface area (TPSA) is 94.6 Å². The van der Waals surface area contributed by atoms with Gasteiger partial charge < -0.3 is 15.7 Å². The molecule has 0 unspecified atom stereocenters. The predicted molar refractivity (Wildman–Crippen MR) is 111 cm³/mol. The van der Waals surface area contributed by atoms with E-state index in [-0.39, 0.29) is 17.9 Å². The highest BCUT2D eigenvalue weighted by atomic mass is 16.3. The number of hydrogen-bond donors (Lipinski definition) is 3. The Morgan fingerprint density at radius 2 is 1.86 bits per heavy atom. The number of aliphatic hydroxyl groups is 1. The van der Waals surface area contributed by atoms with Gasteiger partial charge in [0.05, 0.1) is 23.4 Å². The van der Waals surface area contributed by atoms with Crippen LogP contribution in [0.1, 0.15) is 32.4 Å². The highest BCUT2D eigenvalue weighted by molar-refractivity contribution is 5.92. The number of anilines is 1. The number of carbonyl (C=O) groups is 2. The Morgan fingerprint density at radius 1 is 1.10 bits per heavy atom. The van der Waals surface area contributed by atoms with Crippen LogP contribution in [0.2, 0.25) is 0 Å². The minimum Gasteiger partial charge on any atom is -0.391 e. The van der Waals surface area contributed by atoms with Crippen molar-refractivity contribution in [3.05, 3.63) is 36.0 Å². The average molecular weight is 396 g/mol. The van der Waals surface area contributed by atoms with Crippen LogP contribution in [0.4, 0.5) is 5.69 Å². The largest absolute Gasteiger partial charge is 0.391 e. The molecule has 2 aromatic rings. The van der Waals surface area contributed by atoms with Crippen LogP contribution >= 0.6 is 0 Å². The normalized spacial score (nSPS) is 26.9. The summed E-state index contributed by atoms with van der Waals surface area (Å²) >= 11 is 0. The van der Waals surface area contributed by atoms with E-state index in [4.69, 9.17) is 4.98 Å². The van der Waals surface area contributed by atoms with Gasteiger partial charge in [0.1, 0.15) is 0 Å². The number of pyridine rings is 1. The summed E-state index contributed by atoms with van der Waals surface area (Å²) in [6, 6.07) is 9.68. The van der Waals surface area contributed by atoms with Crippen molar-refractivity contribution in [1.29, 1.82) is 0 Å². The standard InChI is InChI=1S/C22H28N4O3/c1-13(27)23-18-5-6-20-15(7-18)3-4-19(25-20)12-26-10-16-8-21(24-14(2)28)22(29)9-17(16)11-26/h3-7,16-17,21-22,29H,8-12H2,1-2H3,(H,23,27)(H,24,28)/t16-,17+,21-,22-/m1/s1. The lowest BCUT2D eigenvalue weighted by molar-refractivity contribution is -0.121. The summed E-state index contributed by atoms with van der Waals surface area (Å²) in [5.74, 6) is 0.797. The first kappa shape index (κ1) is 19.8. The fourth-order valence-electron chi connectivity index (χ4n) is 4.84. The Kier molecular flexibility index (Phi) is 5.52. The number of amides is 2. The molecule has 0 spiro atoms. The Bertz CT molecular complexity index is 931. The number of nitrogens with zero attached hydrogens (tertiary/aromatic N) is 2. The van der Waals surface area contributed by atoms with Gasteiger partial charge in [-0.3, -0.25) is 19.5 Å². The maximum Gasteiger partial charge on any atom is 0.221 e. The fourth-order valence-corrected chi connectivity index (χ4v) is 4.84. The van der Waals surface area contributed by atoms with Gasteiger partial charge in [0.25, 0.3) is 0 Å². The van der Waals surface area contributed by atoms with Gasteiger partial charge in [-0.05, 0) is 48.9 Å². The third-order valence-electron chi connectivity index (χ3n) is 6.06. The van der Waals surface area contributed by atoms with E-state index in [9.17, 15) is 14.7 Å². The molecule has 2 fully saturated rings. The van der Waals surface area contributed by atoms with Gasteiger partial charge in [0, 0.05) is 44.6 Å². The summed E-state index contributed by atoms with van der Waals surface area (Å²) in [6.07, 6.45) is 1.11. The van der Waals surface area contributed by atoms with Crippen molar-refractivity contribution in [3.8, 4) is 0 Å². The smallest absolute Gasteiger partial charge is 0.221 e. The molecule has 154 valence electrons. The molecule has 7 nitrogen and oxygen atoms in total. The van der Waals surface area contributed by atoms with Gasteiger partial charge in [0.15, 0.2) is 0 Å². The monoisotopic (exact) mass is 396 g/mol. The van der Waals surface area contributed by atoms with E-state index in [1.54, 1.807) is 0 Å². The van der Waals surface area contributed by atoms with Gasteiger partial charge in [-0.1, -0.05) is 6.07 Å². The van der Waals surface area contributed by atoms with Crippen LogP contribution in [0.5, 0.6) is 0 Å². The molecule has 1 aliphatic carbocycles. The molecule has 2 heterocycles. The predicted octanol–water partition coefficient (Wildman–Crippen LogP) is 1.90. The molecule has 3 N–H and O–H groups in total. The number of nitrogens with one attached hydrogen (secondary N) is 2. The quantitative estimate of drug-likeness (QED) is 0.734. The number of aromatic nitrogens is 1. The fraction of sp³-hybridized carbons (Fsp3) is 0.500. The first-order valence-electron chi connectivity index (χ1n) is 10.2.